The van der Waals surface area contributed by atoms with Crippen LogP contribution >= 0.6 is 0 Å². The van der Waals surface area contributed by atoms with Crippen LogP contribution in [0.4, 0.5) is 0 Å². The Kier molecular flexibility index (Phi) is 5.38. The Balaban J connectivity index is 2.93. The molecule has 0 spiro atoms. The first kappa shape index (κ1) is 11.9. The summed E-state index contributed by atoms with van der Waals surface area (Å²) in [7, 11) is 0. The van der Waals surface area contributed by atoms with E-state index in [-0.39, 0.29) is 0 Å². The van der Waals surface area contributed by atoms with E-state index >= 15 is 0 Å². The summed E-state index contributed by atoms with van der Waals surface area (Å²) in [6.45, 7) is 4.43. The summed E-state index contributed by atoms with van der Waals surface area (Å²) >= 11 is 1.13. The van der Waals surface area contributed by atoms with Crippen molar-refractivity contribution in [3.8, 4) is 5.75 Å². The van der Waals surface area contributed by atoms with Crippen molar-refractivity contribution in [3.63, 3.8) is 0 Å². The normalized spacial score (nSPS) is 10.2. The predicted octanol–water partition coefficient (Wildman–Crippen LogP) is 3.05. The topological polar surface area (TPSA) is 9.23 Å². The first-order valence-electron chi connectivity index (χ1n) is 5.27. The maximum absolute atomic E-state index is 5.47. The van der Waals surface area contributed by atoms with Crippen molar-refractivity contribution in [1.29, 1.82) is 0 Å². The van der Waals surface area contributed by atoms with Crippen LogP contribution in [0.25, 0.3) is 0 Å². The van der Waals surface area contributed by atoms with Gasteiger partial charge < -0.3 is 0 Å². The van der Waals surface area contributed by atoms with Crippen LogP contribution in [-0.2, 0) is 12.8 Å². The first-order chi connectivity index (χ1) is 6.83. The van der Waals surface area contributed by atoms with Crippen molar-refractivity contribution in [2.24, 2.45) is 0 Å². The van der Waals surface area contributed by atoms with Crippen molar-refractivity contribution in [2.75, 3.05) is 0 Å². The van der Waals surface area contributed by atoms with Gasteiger partial charge in [0.25, 0.3) is 0 Å². The van der Waals surface area contributed by atoms with Gasteiger partial charge in [0.15, 0.2) is 0 Å². The van der Waals surface area contributed by atoms with Crippen LogP contribution in [0, 0.1) is 0 Å². The molecule has 0 bridgehead atoms. The number of benzene rings is 1. The van der Waals surface area contributed by atoms with Crippen LogP contribution in [0.5, 0.6) is 5.75 Å². The van der Waals surface area contributed by atoms with Gasteiger partial charge >= 0.3 is 101 Å². The molecule has 0 aliphatic rings. The fourth-order valence-corrected chi connectivity index (χ4v) is 2.22. The molecule has 0 aliphatic heterocycles. The average Bonchev–Trinajstić information content (AvgIpc) is 2.25. The van der Waals surface area contributed by atoms with Gasteiger partial charge in [-0.3, -0.25) is 0 Å². The van der Waals surface area contributed by atoms with Crippen molar-refractivity contribution < 1.29 is 3.07 Å². The van der Waals surface area contributed by atoms with Gasteiger partial charge in [-0.1, -0.05) is 0 Å². The number of unbranched alkanes of at least 4 members (excludes halogenated alkanes) is 1. The molecule has 0 aromatic heterocycles. The molecule has 14 heavy (non-hydrogen) atoms. The zero-order chi connectivity index (χ0) is 10.4. The minimum atomic E-state index is 1.09. The monoisotopic (exact) mass is 297 g/mol. The first-order valence-corrected chi connectivity index (χ1v) is 6.44. The van der Waals surface area contributed by atoms with Gasteiger partial charge in [0.1, 0.15) is 0 Å². The molecule has 0 unspecified atom stereocenters. The Morgan fingerprint density at radius 2 is 2.07 bits per heavy atom. The van der Waals surface area contributed by atoms with Crippen molar-refractivity contribution >= 4 is 22.9 Å². The molecule has 0 amide bonds. The zero-order valence-corrected chi connectivity index (χ0v) is 11.8. The van der Waals surface area contributed by atoms with Gasteiger partial charge in [-0.25, -0.2) is 0 Å². The van der Waals surface area contributed by atoms with E-state index in [0.717, 1.165) is 41.5 Å². The maximum atomic E-state index is 5.47. The second-order valence-corrected chi connectivity index (χ2v) is 4.04. The molecular weight excluding hydrogens is 279 g/mol. The van der Waals surface area contributed by atoms with E-state index < -0.39 is 0 Å². The third-order valence-electron chi connectivity index (χ3n) is 2.50. The van der Waals surface area contributed by atoms with Gasteiger partial charge in [0.05, 0.1) is 0 Å². The Hall–Kier alpha value is -0.181. The summed E-state index contributed by atoms with van der Waals surface area (Å²) in [6.07, 6.45) is 4.76. The predicted molar refractivity (Wildman–Crippen MR) is 60.8 cm³/mol. The summed E-state index contributed by atoms with van der Waals surface area (Å²) in [5, 5.41) is 0. The molecule has 1 rings (SSSR count). The number of hydrogen-bond donors (Lipinski definition) is 0. The van der Waals surface area contributed by atoms with Crippen LogP contribution in [0.15, 0.2) is 18.2 Å². The molecule has 0 atom stereocenters. The second-order valence-electron chi connectivity index (χ2n) is 3.45. The van der Waals surface area contributed by atoms with Gasteiger partial charge in [0.2, 0.25) is 0 Å². The summed E-state index contributed by atoms with van der Waals surface area (Å²) < 4.78 is 5.47. The fourth-order valence-electron chi connectivity index (χ4n) is 1.68. The molecule has 1 aromatic carbocycles. The van der Waals surface area contributed by atoms with E-state index in [1.165, 1.54) is 24.0 Å². The van der Waals surface area contributed by atoms with Crippen LogP contribution < -0.4 is 3.07 Å². The van der Waals surface area contributed by atoms with Gasteiger partial charge in [-0.05, 0) is 0 Å². The minimum absolute atomic E-state index is 1.09. The summed E-state index contributed by atoms with van der Waals surface area (Å²) in [4.78, 5) is 0. The molecule has 1 aromatic rings. The molecule has 3 radical (unpaired) electrons. The Labute approximate surface area is 100 Å². The second kappa shape index (κ2) is 6.33. The fraction of sp³-hybridized carbons (Fsp3) is 0.500. The molecule has 0 aliphatic carbocycles. The summed E-state index contributed by atoms with van der Waals surface area (Å²) in [5.74, 6) is 1.09. The van der Waals surface area contributed by atoms with Crippen LogP contribution in [0.1, 0.15) is 37.8 Å². The molecular formula is C12H17OSn. The average molecular weight is 296 g/mol. The Bertz CT molecular complexity index is 261. The molecule has 0 heterocycles. The van der Waals surface area contributed by atoms with Gasteiger partial charge in [-0.15, -0.1) is 0 Å². The molecule has 0 saturated carbocycles. The Morgan fingerprint density at radius 3 is 2.64 bits per heavy atom. The van der Waals surface area contributed by atoms with E-state index in [1.54, 1.807) is 0 Å². The molecule has 0 saturated heterocycles. The van der Waals surface area contributed by atoms with Crippen molar-refractivity contribution in [1.82, 2.24) is 0 Å². The molecule has 0 N–H and O–H groups in total. The van der Waals surface area contributed by atoms with Gasteiger partial charge in [-0.2, -0.15) is 0 Å². The third kappa shape index (κ3) is 2.91. The van der Waals surface area contributed by atoms with E-state index in [1.807, 2.05) is 0 Å². The van der Waals surface area contributed by atoms with Crippen LogP contribution in [0.2, 0.25) is 0 Å². The van der Waals surface area contributed by atoms with E-state index in [2.05, 4.69) is 32.0 Å². The quantitative estimate of drug-likeness (QED) is 0.759. The van der Waals surface area contributed by atoms with Crippen molar-refractivity contribution in [2.45, 2.75) is 39.5 Å². The van der Waals surface area contributed by atoms with Crippen molar-refractivity contribution in [3.05, 3.63) is 29.3 Å². The number of rotatable bonds is 5. The summed E-state index contributed by atoms with van der Waals surface area (Å²) in [5.41, 5.74) is 2.87. The SMILES string of the molecule is CCCCc1c(CC)cccc1[O][Sn]. The van der Waals surface area contributed by atoms with Gasteiger partial charge in [0, 0.05) is 0 Å². The Morgan fingerprint density at radius 1 is 1.29 bits per heavy atom. The molecule has 0 fully saturated rings. The van der Waals surface area contributed by atoms with E-state index in [9.17, 15) is 0 Å². The molecule has 2 heteroatoms. The standard InChI is InChI=1S/C12H18O.Sn/c1-3-5-8-11-10(4-2)7-6-9-12(11)13;/h6-7,9,13H,3-5,8H2,1-2H3;/q;+1/p-1. The molecule has 1 nitrogen and oxygen atoms in total. The third-order valence-corrected chi connectivity index (χ3v) is 3.13. The van der Waals surface area contributed by atoms with E-state index in [0.29, 0.717) is 0 Å². The van der Waals surface area contributed by atoms with E-state index in [4.69, 9.17) is 3.07 Å². The zero-order valence-electron chi connectivity index (χ0n) is 8.97. The van der Waals surface area contributed by atoms with Crippen LogP contribution in [0.3, 0.4) is 0 Å². The summed E-state index contributed by atoms with van der Waals surface area (Å²) in [6, 6.07) is 6.38. The number of hydrogen-bond acceptors (Lipinski definition) is 1. The molecule has 75 valence electrons. The van der Waals surface area contributed by atoms with Crippen LogP contribution in [-0.4, -0.2) is 22.9 Å². The number of aryl methyl sites for hydroxylation is 1.